The molecule has 21 heavy (non-hydrogen) atoms. The van der Waals surface area contributed by atoms with Crippen LogP contribution in [0.3, 0.4) is 0 Å². The van der Waals surface area contributed by atoms with Crippen molar-refractivity contribution in [3.05, 3.63) is 11.4 Å². The zero-order valence-corrected chi connectivity index (χ0v) is 12.7. The summed E-state index contributed by atoms with van der Waals surface area (Å²) >= 11 is 0. The molecule has 0 amide bonds. The molecule has 1 atom stereocenters. The van der Waals surface area contributed by atoms with Crippen LogP contribution < -0.4 is 41.8 Å². The standard InChI is InChI=1S/C5HFN4.CH4FNO4S2.2Li/c1-8-4-3(2-7)9-5(6)10-4;1-8(4,5)3-9(2,6)7;;/h3H;3H,1H3;;/q;;2*+1. The molecule has 0 spiro atoms. The molecule has 0 aromatic carbocycles. The number of rotatable bonds is 2. The Bertz CT molecular complexity index is 676. The van der Waals surface area contributed by atoms with Crippen molar-refractivity contribution >= 4 is 32.4 Å². The van der Waals surface area contributed by atoms with Crippen LogP contribution in [0.25, 0.3) is 4.85 Å². The first-order valence-electron chi connectivity index (χ1n) is 4.00. The quantitative estimate of drug-likeness (QED) is 0.233. The van der Waals surface area contributed by atoms with Gasteiger partial charge in [-0.05, 0) is 0 Å². The Balaban J connectivity index is -0.000000284. The fourth-order valence-electron chi connectivity index (χ4n) is 0.702. The molecule has 104 valence electrons. The molecular weight excluding hydrogens is 322 g/mol. The van der Waals surface area contributed by atoms with Crippen molar-refractivity contribution in [3.63, 3.8) is 0 Å². The fourth-order valence-corrected chi connectivity index (χ4v) is 2.15. The van der Waals surface area contributed by atoms with E-state index in [-0.39, 0.29) is 43.6 Å². The van der Waals surface area contributed by atoms with Gasteiger partial charge in [0.25, 0.3) is 5.84 Å². The predicted molar refractivity (Wildman–Crippen MR) is 60.0 cm³/mol. The van der Waals surface area contributed by atoms with E-state index >= 15 is 0 Å². The summed E-state index contributed by atoms with van der Waals surface area (Å²) in [6.45, 7) is 6.43. The van der Waals surface area contributed by atoms with Crippen molar-refractivity contribution in [2.75, 3.05) is 6.26 Å². The number of nitriles is 1. The first-order chi connectivity index (χ1) is 8.48. The maximum absolute atomic E-state index is 12.1. The van der Waals surface area contributed by atoms with Crippen LogP contribution >= 0.6 is 0 Å². The average molecular weight is 327 g/mol. The van der Waals surface area contributed by atoms with Crippen LogP contribution in [0.2, 0.25) is 0 Å². The van der Waals surface area contributed by atoms with E-state index in [4.69, 9.17) is 11.8 Å². The number of hydrogen-bond acceptors (Lipinski definition) is 7. The zero-order valence-electron chi connectivity index (χ0n) is 11.1. The number of nitrogens with one attached hydrogen (secondary N) is 1. The van der Waals surface area contributed by atoms with Gasteiger partial charge in [0.15, 0.2) is 6.04 Å². The Morgan fingerprint density at radius 1 is 1.38 bits per heavy atom. The summed E-state index contributed by atoms with van der Waals surface area (Å²) < 4.78 is 63.0. The van der Waals surface area contributed by atoms with Gasteiger partial charge in [0.05, 0.1) is 12.3 Å². The normalized spacial score (nSPS) is 16.5. The summed E-state index contributed by atoms with van der Waals surface area (Å²) in [6, 6.07) is 0.593. The van der Waals surface area contributed by atoms with Crippen molar-refractivity contribution in [2.45, 2.75) is 6.04 Å². The molecular formula is C6H5F2Li2N5O4S2+2. The van der Waals surface area contributed by atoms with Gasteiger partial charge < -0.3 is 4.85 Å². The number of nitrogens with zero attached hydrogens (tertiary/aromatic N) is 4. The van der Waals surface area contributed by atoms with Crippen molar-refractivity contribution in [1.29, 1.82) is 5.26 Å². The van der Waals surface area contributed by atoms with Gasteiger partial charge in [-0.15, -0.1) is 4.39 Å². The van der Waals surface area contributed by atoms with E-state index in [0.717, 1.165) is 4.13 Å². The molecule has 0 radical (unpaired) electrons. The average Bonchev–Trinajstić information content (AvgIpc) is 2.54. The first-order valence-corrected chi connectivity index (χ1v) is 7.28. The first kappa shape index (κ1) is 25.2. The van der Waals surface area contributed by atoms with Crippen molar-refractivity contribution in [3.8, 4) is 6.07 Å². The molecule has 1 N–H and O–H groups in total. The van der Waals surface area contributed by atoms with Gasteiger partial charge in [-0.1, -0.05) is 19.6 Å². The van der Waals surface area contributed by atoms with Crippen LogP contribution in [0.4, 0.5) is 8.28 Å². The third-order valence-electron chi connectivity index (χ3n) is 1.17. The van der Waals surface area contributed by atoms with E-state index in [2.05, 4.69) is 14.8 Å². The molecule has 15 heteroatoms. The number of amidine groups is 2. The third-order valence-corrected chi connectivity index (χ3v) is 3.18. The maximum atomic E-state index is 12.1. The molecule has 0 aliphatic carbocycles. The number of halogens is 2. The molecule has 0 saturated heterocycles. The Hall–Kier alpha value is -0.765. The van der Waals surface area contributed by atoms with Crippen LogP contribution in [0.1, 0.15) is 0 Å². The molecule has 0 saturated carbocycles. The number of hydrogen-bond donors (Lipinski definition) is 1. The second-order valence-electron chi connectivity index (χ2n) is 2.80. The van der Waals surface area contributed by atoms with Crippen molar-refractivity contribution < 1.29 is 62.8 Å². The molecule has 9 nitrogen and oxygen atoms in total. The molecule has 1 heterocycles. The van der Waals surface area contributed by atoms with Gasteiger partial charge in [0.2, 0.25) is 10.0 Å². The molecule has 0 fully saturated rings. The monoisotopic (exact) mass is 327 g/mol. The second-order valence-corrected chi connectivity index (χ2v) is 5.89. The Morgan fingerprint density at radius 2 is 1.86 bits per heavy atom. The summed E-state index contributed by atoms with van der Waals surface area (Å²) in [6.07, 6.45) is -0.457. The van der Waals surface area contributed by atoms with Crippen LogP contribution in [-0.2, 0) is 20.4 Å². The molecule has 0 bridgehead atoms. The summed E-state index contributed by atoms with van der Waals surface area (Å²) in [5, 5.41) is 8.24. The number of aliphatic imine (C=N–C) groups is 2. The van der Waals surface area contributed by atoms with Crippen LogP contribution in [0.5, 0.6) is 0 Å². The molecule has 0 aromatic heterocycles. The summed E-state index contributed by atoms with van der Waals surface area (Å²) in [5.41, 5.74) is 0. The smallest absolute Gasteiger partial charge is 0.361 e. The van der Waals surface area contributed by atoms with Gasteiger partial charge in [0, 0.05) is 0 Å². The Kier molecular flexibility index (Phi) is 12.1. The van der Waals surface area contributed by atoms with Gasteiger partial charge in [-0.25, -0.2) is 13.4 Å². The SMILES string of the molecule is CS(=O)(=O)NS(=O)(=O)F.[C-]#[N+]C1=NC(F)=NC1C#N.[Li+].[Li+]. The van der Waals surface area contributed by atoms with E-state index in [1.807, 2.05) is 0 Å². The second kappa shape index (κ2) is 10.0. The number of sulfonamides is 1. The summed E-state index contributed by atoms with van der Waals surface area (Å²) in [7, 11) is -9.11. The molecule has 1 aliphatic heterocycles. The molecule has 1 rings (SSSR count). The van der Waals surface area contributed by atoms with E-state index in [1.54, 1.807) is 6.07 Å². The van der Waals surface area contributed by atoms with Gasteiger partial charge >= 0.3 is 54.2 Å². The largest absolute Gasteiger partial charge is 1.00 e. The van der Waals surface area contributed by atoms with E-state index in [9.17, 15) is 25.1 Å². The van der Waals surface area contributed by atoms with E-state index in [0.29, 0.717) is 6.26 Å². The topological polar surface area (TPSA) is 133 Å². The van der Waals surface area contributed by atoms with Crippen molar-refractivity contribution in [2.24, 2.45) is 9.98 Å². The zero-order chi connectivity index (χ0) is 15.3. The Morgan fingerprint density at radius 3 is 2.05 bits per heavy atom. The molecule has 1 aliphatic rings. The van der Waals surface area contributed by atoms with Gasteiger partial charge in [-0.2, -0.15) is 13.7 Å². The maximum Gasteiger partial charge on any atom is 1.00 e. The van der Waals surface area contributed by atoms with E-state index < -0.39 is 32.6 Å². The molecule has 1 unspecified atom stereocenters. The Labute approximate surface area is 144 Å². The predicted octanol–water partition coefficient (Wildman–Crippen LogP) is -6.71. The van der Waals surface area contributed by atoms with Gasteiger partial charge in [0.1, 0.15) is 0 Å². The van der Waals surface area contributed by atoms with Gasteiger partial charge in [-0.3, -0.25) is 0 Å². The third kappa shape index (κ3) is 12.7. The minimum absolute atomic E-state index is 0. The van der Waals surface area contributed by atoms with Crippen LogP contribution in [-0.4, -0.2) is 41.1 Å². The minimum atomic E-state index is -5.12. The van der Waals surface area contributed by atoms with E-state index in [1.165, 1.54) is 0 Å². The van der Waals surface area contributed by atoms with Crippen molar-refractivity contribution in [1.82, 2.24) is 4.13 Å². The summed E-state index contributed by atoms with van der Waals surface area (Å²) in [4.78, 5) is 9.03. The minimum Gasteiger partial charge on any atom is -0.361 e. The van der Waals surface area contributed by atoms with Crippen LogP contribution in [0.15, 0.2) is 9.98 Å². The molecule has 0 aromatic rings. The summed E-state index contributed by atoms with van der Waals surface area (Å²) in [5.74, 6) is -0.194. The van der Waals surface area contributed by atoms with Crippen LogP contribution in [0, 0.1) is 17.9 Å². The fraction of sp³-hybridized carbons (Fsp3) is 0.333.